The van der Waals surface area contributed by atoms with E-state index in [4.69, 9.17) is 23.2 Å². The third kappa shape index (κ3) is 6.06. The molecule has 0 saturated carbocycles. The molecule has 0 aromatic heterocycles. The Morgan fingerprint density at radius 1 is 1.29 bits per heavy atom. The molecule has 1 aromatic rings. The zero-order valence-corrected chi connectivity index (χ0v) is 16.0. The summed E-state index contributed by atoms with van der Waals surface area (Å²) in [7, 11) is -3.86. The molecule has 2 rings (SSSR count). The Hall–Kier alpha value is -0.570. The van der Waals surface area contributed by atoms with Crippen molar-refractivity contribution in [3.8, 4) is 0 Å². The fourth-order valence-electron chi connectivity index (χ4n) is 2.39. The summed E-state index contributed by atoms with van der Waals surface area (Å²) in [4.78, 5) is 11.7. The molecule has 6 nitrogen and oxygen atoms in total. The summed E-state index contributed by atoms with van der Waals surface area (Å²) in [5.41, 5.74) is 0. The monoisotopic (exact) mass is 415 g/mol. The molecule has 1 heterocycles. The van der Waals surface area contributed by atoms with E-state index in [0.717, 1.165) is 25.9 Å². The van der Waals surface area contributed by atoms with E-state index in [9.17, 15) is 13.2 Å². The third-order valence-electron chi connectivity index (χ3n) is 3.49. The maximum atomic E-state index is 12.2. The molecular weight excluding hydrogens is 397 g/mol. The summed E-state index contributed by atoms with van der Waals surface area (Å²) in [5.74, 6) is -0.188. The van der Waals surface area contributed by atoms with Crippen molar-refractivity contribution in [3.05, 3.63) is 28.2 Å². The van der Waals surface area contributed by atoms with Crippen LogP contribution in [-0.4, -0.2) is 40.0 Å². The molecule has 1 amide bonds. The summed E-state index contributed by atoms with van der Waals surface area (Å²) in [5, 5.41) is 6.17. The first-order chi connectivity index (χ1) is 10.9. The third-order valence-corrected chi connectivity index (χ3v) is 5.91. The molecule has 136 valence electrons. The van der Waals surface area contributed by atoms with E-state index in [0.29, 0.717) is 0 Å². The Bertz CT molecular complexity index is 644. The standard InChI is InChI=1S/C14H19Cl2N3O3S.ClH/c15-11-4-1-5-12(16)14(11)23(21,22)18-8-6-13(20)19-10-3-2-7-17-9-10;/h1,4-5,10,17-18H,2-3,6-9H2,(H,19,20);1H. The molecule has 1 aromatic carbocycles. The topological polar surface area (TPSA) is 87.3 Å². The van der Waals surface area contributed by atoms with Gasteiger partial charge in [-0.25, -0.2) is 13.1 Å². The summed E-state index contributed by atoms with van der Waals surface area (Å²) in [6.07, 6.45) is 2.00. The van der Waals surface area contributed by atoms with E-state index in [2.05, 4.69) is 15.4 Å². The van der Waals surface area contributed by atoms with Crippen LogP contribution >= 0.6 is 35.6 Å². The number of hydrogen-bond donors (Lipinski definition) is 3. The lowest BCUT2D eigenvalue weighted by Gasteiger charge is -2.23. The molecule has 1 aliphatic heterocycles. The number of carbonyl (C=O) groups is 1. The van der Waals surface area contributed by atoms with Crippen LogP contribution in [0.3, 0.4) is 0 Å². The zero-order valence-electron chi connectivity index (χ0n) is 12.8. The van der Waals surface area contributed by atoms with Crippen molar-refractivity contribution in [1.82, 2.24) is 15.4 Å². The van der Waals surface area contributed by atoms with Gasteiger partial charge in [-0.2, -0.15) is 0 Å². The van der Waals surface area contributed by atoms with E-state index in [1.54, 1.807) is 6.07 Å². The lowest BCUT2D eigenvalue weighted by molar-refractivity contribution is -0.121. The largest absolute Gasteiger partial charge is 0.352 e. The van der Waals surface area contributed by atoms with E-state index >= 15 is 0 Å². The molecular formula is C14H20Cl3N3O3S. The second-order valence-electron chi connectivity index (χ2n) is 5.31. The summed E-state index contributed by atoms with van der Waals surface area (Å²) in [6, 6.07) is 4.57. The van der Waals surface area contributed by atoms with Crippen molar-refractivity contribution < 1.29 is 13.2 Å². The minimum absolute atomic E-state index is 0. The van der Waals surface area contributed by atoms with Gasteiger partial charge in [-0.15, -0.1) is 12.4 Å². The number of amides is 1. The summed E-state index contributed by atoms with van der Waals surface area (Å²) >= 11 is 11.8. The van der Waals surface area contributed by atoms with Gasteiger partial charge in [-0.3, -0.25) is 4.79 Å². The van der Waals surface area contributed by atoms with Crippen LogP contribution in [0.2, 0.25) is 10.0 Å². The van der Waals surface area contributed by atoms with Gasteiger partial charge in [0.1, 0.15) is 4.90 Å². The van der Waals surface area contributed by atoms with Crippen LogP contribution < -0.4 is 15.4 Å². The molecule has 24 heavy (non-hydrogen) atoms. The number of carbonyl (C=O) groups excluding carboxylic acids is 1. The highest BCUT2D eigenvalue weighted by molar-refractivity contribution is 7.89. The number of benzene rings is 1. The molecule has 1 atom stereocenters. The van der Waals surface area contributed by atoms with Crippen molar-refractivity contribution in [2.75, 3.05) is 19.6 Å². The van der Waals surface area contributed by atoms with Crippen LogP contribution in [0.15, 0.2) is 23.1 Å². The van der Waals surface area contributed by atoms with Crippen LogP contribution in [0.1, 0.15) is 19.3 Å². The van der Waals surface area contributed by atoms with Gasteiger partial charge in [0.05, 0.1) is 10.0 Å². The Morgan fingerprint density at radius 2 is 1.96 bits per heavy atom. The van der Waals surface area contributed by atoms with Gasteiger partial charge in [0, 0.05) is 25.6 Å². The molecule has 0 radical (unpaired) electrons. The fraction of sp³-hybridized carbons (Fsp3) is 0.500. The Balaban J connectivity index is 0.00000288. The zero-order chi connectivity index (χ0) is 16.9. The molecule has 1 saturated heterocycles. The van der Waals surface area contributed by atoms with Crippen molar-refractivity contribution in [3.63, 3.8) is 0 Å². The maximum absolute atomic E-state index is 12.2. The van der Waals surface area contributed by atoms with Gasteiger partial charge in [0.25, 0.3) is 0 Å². The number of piperidine rings is 1. The Kier molecular flexibility index (Phi) is 8.76. The number of halogens is 3. The maximum Gasteiger partial charge on any atom is 0.243 e. The van der Waals surface area contributed by atoms with E-state index < -0.39 is 10.0 Å². The minimum Gasteiger partial charge on any atom is -0.352 e. The second kappa shape index (κ2) is 9.79. The Labute approximate surface area is 158 Å². The van der Waals surface area contributed by atoms with E-state index in [1.165, 1.54) is 12.1 Å². The first kappa shape index (κ1) is 21.5. The number of nitrogens with one attached hydrogen (secondary N) is 3. The molecule has 10 heteroatoms. The van der Waals surface area contributed by atoms with Crippen molar-refractivity contribution >= 4 is 51.5 Å². The number of sulfonamides is 1. The Morgan fingerprint density at radius 3 is 2.54 bits per heavy atom. The van der Waals surface area contributed by atoms with Crippen molar-refractivity contribution in [2.45, 2.75) is 30.2 Å². The molecule has 0 aliphatic carbocycles. The predicted octanol–water partition coefficient (Wildman–Crippen LogP) is 1.95. The lowest BCUT2D eigenvalue weighted by atomic mass is 10.1. The fourth-order valence-corrected chi connectivity index (χ4v) is 4.56. The molecule has 0 spiro atoms. The number of hydrogen-bond acceptors (Lipinski definition) is 4. The predicted molar refractivity (Wildman–Crippen MR) is 97.5 cm³/mol. The minimum atomic E-state index is -3.86. The van der Waals surface area contributed by atoms with Gasteiger partial charge in [0.2, 0.25) is 15.9 Å². The van der Waals surface area contributed by atoms with Crippen molar-refractivity contribution in [2.24, 2.45) is 0 Å². The normalized spacial score (nSPS) is 17.8. The summed E-state index contributed by atoms with van der Waals surface area (Å²) in [6.45, 7) is 1.69. The van der Waals surface area contributed by atoms with Crippen LogP contribution in [-0.2, 0) is 14.8 Å². The van der Waals surface area contributed by atoms with Gasteiger partial charge in [-0.1, -0.05) is 29.3 Å². The van der Waals surface area contributed by atoms with E-state index in [-0.39, 0.29) is 52.3 Å². The highest BCUT2D eigenvalue weighted by atomic mass is 35.5. The first-order valence-corrected chi connectivity index (χ1v) is 9.58. The molecule has 1 fully saturated rings. The molecule has 0 bridgehead atoms. The van der Waals surface area contributed by atoms with Gasteiger partial charge >= 0.3 is 0 Å². The molecule has 1 unspecified atom stereocenters. The average Bonchev–Trinajstić information content (AvgIpc) is 2.47. The highest BCUT2D eigenvalue weighted by Crippen LogP contribution is 2.28. The highest BCUT2D eigenvalue weighted by Gasteiger charge is 2.21. The van der Waals surface area contributed by atoms with Crippen LogP contribution in [0.5, 0.6) is 0 Å². The first-order valence-electron chi connectivity index (χ1n) is 7.34. The lowest BCUT2D eigenvalue weighted by Crippen LogP contribution is -2.46. The van der Waals surface area contributed by atoms with Gasteiger partial charge in [0.15, 0.2) is 0 Å². The average molecular weight is 417 g/mol. The second-order valence-corrected chi connectivity index (χ2v) is 7.83. The van der Waals surface area contributed by atoms with Crippen LogP contribution in [0.25, 0.3) is 0 Å². The van der Waals surface area contributed by atoms with Gasteiger partial charge < -0.3 is 10.6 Å². The quantitative estimate of drug-likeness (QED) is 0.661. The molecule has 3 N–H and O–H groups in total. The van der Waals surface area contributed by atoms with E-state index in [1.807, 2.05) is 0 Å². The van der Waals surface area contributed by atoms with Gasteiger partial charge in [-0.05, 0) is 31.5 Å². The molecule has 1 aliphatic rings. The summed E-state index contributed by atoms with van der Waals surface area (Å²) < 4.78 is 26.8. The number of rotatable bonds is 6. The SMILES string of the molecule is Cl.O=C(CCNS(=O)(=O)c1c(Cl)cccc1Cl)NC1CCCNC1. The smallest absolute Gasteiger partial charge is 0.243 e. The van der Waals surface area contributed by atoms with Crippen LogP contribution in [0.4, 0.5) is 0 Å². The van der Waals surface area contributed by atoms with Crippen molar-refractivity contribution in [1.29, 1.82) is 0 Å². The van der Waals surface area contributed by atoms with Crippen LogP contribution in [0, 0.1) is 0 Å².